The Kier molecular flexibility index (Phi) is 5.56. The second-order valence-electron chi connectivity index (χ2n) is 7.31. The molecule has 0 fully saturated rings. The first-order valence-electron chi connectivity index (χ1n) is 9.66. The molecule has 5 nitrogen and oxygen atoms in total. The van der Waals surface area contributed by atoms with E-state index in [-0.39, 0.29) is 5.30 Å². The molecule has 0 aliphatic heterocycles. The molecule has 3 aromatic carbocycles. The predicted octanol–water partition coefficient (Wildman–Crippen LogP) is 5.63. The van der Waals surface area contributed by atoms with Crippen LogP contribution in [0.4, 0.5) is 0 Å². The second kappa shape index (κ2) is 8.01. The smallest absolute Gasteiger partial charge is 0.321 e. The number of fused-ring (bicyclic) bond motifs is 2. The lowest BCUT2D eigenvalue weighted by atomic mass is 10.00. The molecule has 7 heteroatoms. The minimum atomic E-state index is -4.27. The third kappa shape index (κ3) is 3.94. The van der Waals surface area contributed by atoms with Crippen molar-refractivity contribution in [2.75, 3.05) is 0 Å². The van der Waals surface area contributed by atoms with Crippen molar-refractivity contribution in [2.45, 2.75) is 26.4 Å². The molecule has 0 aliphatic rings. The van der Waals surface area contributed by atoms with E-state index >= 15 is 0 Å². The number of benzene rings is 3. The molecule has 30 heavy (non-hydrogen) atoms. The van der Waals surface area contributed by atoms with E-state index in [1.54, 1.807) is 13.0 Å². The quantitative estimate of drug-likeness (QED) is 0.393. The summed E-state index contributed by atoms with van der Waals surface area (Å²) in [5.74, 6) is 0. The Morgan fingerprint density at radius 3 is 2.53 bits per heavy atom. The summed E-state index contributed by atoms with van der Waals surface area (Å²) in [6, 6.07) is 18.9. The number of nitrogens with one attached hydrogen (secondary N) is 1. The minimum absolute atomic E-state index is 0.276. The topological polar surface area (TPSA) is 79.4 Å². The summed E-state index contributed by atoms with van der Waals surface area (Å²) >= 11 is 6.51. The van der Waals surface area contributed by atoms with Gasteiger partial charge in [-0.05, 0) is 59.3 Å². The maximum Gasteiger partial charge on any atom is 0.364 e. The molecule has 1 aromatic heterocycles. The zero-order valence-corrected chi connectivity index (χ0v) is 18.2. The van der Waals surface area contributed by atoms with Gasteiger partial charge < -0.3 is 14.4 Å². The highest BCUT2D eigenvalue weighted by atomic mass is 35.5. The Morgan fingerprint density at radius 2 is 1.80 bits per heavy atom. The number of H-pyrrole nitrogens is 1. The maximum atomic E-state index is 12.7. The van der Waals surface area contributed by atoms with Crippen LogP contribution in [0.2, 0.25) is 5.02 Å². The van der Waals surface area contributed by atoms with Gasteiger partial charge in [0.15, 0.2) is 0 Å². The van der Waals surface area contributed by atoms with Crippen LogP contribution in [0.5, 0.6) is 0 Å². The minimum Gasteiger partial charge on any atom is -0.321 e. The Labute approximate surface area is 178 Å². The lowest BCUT2D eigenvalue weighted by Crippen LogP contribution is -2.29. The van der Waals surface area contributed by atoms with Gasteiger partial charge in [-0.15, -0.1) is 0 Å². The molecule has 0 radical (unpaired) electrons. The normalized spacial score (nSPS) is 14.7. The van der Waals surface area contributed by atoms with E-state index in [9.17, 15) is 14.3 Å². The summed E-state index contributed by atoms with van der Waals surface area (Å²) in [4.78, 5) is 25.5. The van der Waals surface area contributed by atoms with E-state index in [2.05, 4.69) is 4.98 Å². The van der Waals surface area contributed by atoms with Crippen molar-refractivity contribution in [2.24, 2.45) is 0 Å². The van der Waals surface area contributed by atoms with Crippen molar-refractivity contribution in [3.05, 3.63) is 76.0 Å². The van der Waals surface area contributed by atoms with Crippen LogP contribution in [0.15, 0.2) is 65.5 Å². The van der Waals surface area contributed by atoms with Crippen molar-refractivity contribution in [3.63, 3.8) is 0 Å². The molecule has 154 valence electrons. The predicted molar refractivity (Wildman–Crippen MR) is 123 cm³/mol. The summed E-state index contributed by atoms with van der Waals surface area (Å²) in [5.41, 5.74) is 1.51. The average Bonchev–Trinajstić information content (AvgIpc) is 2.72. The van der Waals surface area contributed by atoms with Crippen LogP contribution in [0.3, 0.4) is 0 Å². The van der Waals surface area contributed by atoms with Crippen LogP contribution in [0, 0.1) is 0 Å². The first kappa shape index (κ1) is 20.8. The molecule has 0 spiro atoms. The Balaban J connectivity index is 1.86. The van der Waals surface area contributed by atoms with Gasteiger partial charge in [0.1, 0.15) is 5.30 Å². The number of halogens is 1. The number of hydrogen-bond donors (Lipinski definition) is 2. The van der Waals surface area contributed by atoms with Crippen LogP contribution in [0.25, 0.3) is 32.8 Å². The van der Waals surface area contributed by atoms with E-state index in [1.165, 1.54) is 6.07 Å². The molecule has 2 N–H and O–H groups in total. The van der Waals surface area contributed by atoms with E-state index in [0.717, 1.165) is 21.9 Å². The maximum absolute atomic E-state index is 12.7. The van der Waals surface area contributed by atoms with Crippen LogP contribution in [0.1, 0.15) is 20.3 Å². The van der Waals surface area contributed by atoms with E-state index in [1.807, 2.05) is 55.5 Å². The summed E-state index contributed by atoms with van der Waals surface area (Å²) in [6.45, 7) is 3.53. The van der Waals surface area contributed by atoms with Crippen LogP contribution in [-0.2, 0) is 9.09 Å². The summed E-state index contributed by atoms with van der Waals surface area (Å²) in [6.07, 6.45) is 0.104. The number of aromatic amines is 1. The zero-order valence-electron chi connectivity index (χ0n) is 16.6. The van der Waals surface area contributed by atoms with Gasteiger partial charge >= 0.3 is 7.60 Å². The van der Waals surface area contributed by atoms with Crippen LogP contribution < -0.4 is 10.9 Å². The van der Waals surface area contributed by atoms with Gasteiger partial charge in [-0.25, -0.2) is 0 Å². The molecule has 0 saturated heterocycles. The Morgan fingerprint density at radius 1 is 1.07 bits per heavy atom. The van der Waals surface area contributed by atoms with Crippen molar-refractivity contribution < 1.29 is 14.0 Å². The first-order valence-corrected chi connectivity index (χ1v) is 11.6. The molecule has 4 rings (SSSR count). The largest absolute Gasteiger partial charge is 0.364 e. The van der Waals surface area contributed by atoms with Gasteiger partial charge in [-0.2, -0.15) is 0 Å². The van der Waals surface area contributed by atoms with Crippen molar-refractivity contribution in [3.8, 4) is 11.1 Å². The van der Waals surface area contributed by atoms with Crippen LogP contribution >= 0.6 is 19.2 Å². The fraction of sp³-hybridized carbons (Fsp3) is 0.174. The molecular formula is C23H21ClNO4P. The Bertz CT molecular complexity index is 1360. The van der Waals surface area contributed by atoms with Gasteiger partial charge in [0, 0.05) is 11.1 Å². The summed E-state index contributed by atoms with van der Waals surface area (Å²) in [5, 5.41) is 2.99. The van der Waals surface area contributed by atoms with Gasteiger partial charge in [0.25, 0.3) is 5.56 Å². The second-order valence-corrected chi connectivity index (χ2v) is 9.45. The molecule has 0 amide bonds. The van der Waals surface area contributed by atoms with E-state index in [4.69, 9.17) is 16.1 Å². The SMILES string of the molecule is CCC(C)OP(=O)(O)c1cc2cc(-c3ccc4ccccc4c3)c(Cl)cc2[nH]c1=O. The summed E-state index contributed by atoms with van der Waals surface area (Å²) < 4.78 is 18.0. The highest BCUT2D eigenvalue weighted by molar-refractivity contribution is 7.61. The molecule has 2 unspecified atom stereocenters. The van der Waals surface area contributed by atoms with Crippen molar-refractivity contribution in [1.29, 1.82) is 0 Å². The van der Waals surface area contributed by atoms with Gasteiger partial charge in [0.2, 0.25) is 0 Å². The van der Waals surface area contributed by atoms with E-state index < -0.39 is 19.3 Å². The molecule has 4 aromatic rings. The van der Waals surface area contributed by atoms with Crippen molar-refractivity contribution >= 4 is 46.2 Å². The summed E-state index contributed by atoms with van der Waals surface area (Å²) in [7, 11) is -4.27. The Hall–Kier alpha value is -2.43. The monoisotopic (exact) mass is 441 g/mol. The van der Waals surface area contributed by atoms with E-state index in [0.29, 0.717) is 22.3 Å². The fourth-order valence-corrected chi connectivity index (χ4v) is 5.02. The molecule has 1 heterocycles. The zero-order chi connectivity index (χ0) is 21.5. The van der Waals surface area contributed by atoms with Gasteiger partial charge in [-0.1, -0.05) is 54.9 Å². The highest BCUT2D eigenvalue weighted by Crippen LogP contribution is 2.42. The molecule has 0 aliphatic carbocycles. The first-order chi connectivity index (χ1) is 14.3. The molecule has 2 atom stereocenters. The average molecular weight is 442 g/mol. The number of pyridine rings is 1. The number of rotatable bonds is 5. The molecular weight excluding hydrogens is 421 g/mol. The highest BCUT2D eigenvalue weighted by Gasteiger charge is 2.29. The van der Waals surface area contributed by atoms with Gasteiger partial charge in [0.05, 0.1) is 11.1 Å². The third-order valence-electron chi connectivity index (χ3n) is 5.17. The van der Waals surface area contributed by atoms with Crippen LogP contribution in [-0.4, -0.2) is 16.0 Å². The lowest BCUT2D eigenvalue weighted by Gasteiger charge is -2.17. The van der Waals surface area contributed by atoms with Crippen molar-refractivity contribution in [1.82, 2.24) is 4.98 Å². The number of aromatic nitrogens is 1. The standard InChI is InChI=1S/C23H21ClNO4P/c1-3-14(2)29-30(27,28)22-12-18-11-19(20(24)13-21(18)25-23(22)26)17-9-8-15-6-4-5-7-16(15)10-17/h4-14H,3H2,1-2H3,(H,25,26)(H,27,28). The number of hydrogen-bond acceptors (Lipinski definition) is 3. The third-order valence-corrected chi connectivity index (χ3v) is 7.07. The lowest BCUT2D eigenvalue weighted by molar-refractivity contribution is 0.192. The molecule has 0 bridgehead atoms. The fourth-order valence-electron chi connectivity index (χ4n) is 3.38. The van der Waals surface area contributed by atoms with Gasteiger partial charge in [-0.3, -0.25) is 9.36 Å². The molecule has 0 saturated carbocycles.